The second kappa shape index (κ2) is 6.66. The van der Waals surface area contributed by atoms with Crippen LogP contribution in [-0.4, -0.2) is 8.07 Å². The van der Waals surface area contributed by atoms with Gasteiger partial charge in [0.25, 0.3) is 0 Å². The van der Waals surface area contributed by atoms with E-state index in [0.29, 0.717) is 0 Å². The predicted octanol–water partition coefficient (Wildman–Crippen LogP) is 6.23. The summed E-state index contributed by atoms with van der Waals surface area (Å²) in [5.74, 6) is 0.760. The van der Waals surface area contributed by atoms with Crippen molar-refractivity contribution in [2.45, 2.75) is 50.9 Å². The number of hydrogen-bond donors (Lipinski definition) is 0. The van der Waals surface area contributed by atoms with Crippen molar-refractivity contribution in [2.24, 2.45) is 7.05 Å². The van der Waals surface area contributed by atoms with E-state index in [1.807, 2.05) is 0 Å². The summed E-state index contributed by atoms with van der Waals surface area (Å²) >= 11 is 0. The number of aryl methyl sites for hydroxylation is 2. The molecule has 0 aliphatic carbocycles. The molecule has 2 heteroatoms. The molecule has 26 heavy (non-hydrogen) atoms. The Morgan fingerprint density at radius 2 is 1.69 bits per heavy atom. The van der Waals surface area contributed by atoms with Crippen LogP contribution in [0.25, 0.3) is 22.0 Å². The van der Waals surface area contributed by atoms with Crippen molar-refractivity contribution in [2.75, 3.05) is 0 Å². The molecule has 134 valence electrons. The Balaban J connectivity index is 1.77. The SMILES string of the molecule is Cc1ccccc1-c1c2ccc(C3CC[Si](C)(C)CC3)cc2cc[n+]1C. The van der Waals surface area contributed by atoms with Gasteiger partial charge in [-0.2, -0.15) is 0 Å². The fraction of sp³-hybridized carbons (Fsp3) is 0.375. The summed E-state index contributed by atoms with van der Waals surface area (Å²) in [6, 6.07) is 21.2. The first-order chi connectivity index (χ1) is 12.4. The van der Waals surface area contributed by atoms with Crippen molar-refractivity contribution in [3.05, 3.63) is 65.9 Å². The minimum Gasteiger partial charge on any atom is -0.200 e. The average Bonchev–Trinajstić information content (AvgIpc) is 2.62. The van der Waals surface area contributed by atoms with Gasteiger partial charge in [-0.3, -0.25) is 0 Å². The first kappa shape index (κ1) is 17.5. The van der Waals surface area contributed by atoms with Crippen LogP contribution in [-0.2, 0) is 7.05 Å². The van der Waals surface area contributed by atoms with Gasteiger partial charge in [-0.05, 0) is 54.3 Å². The maximum absolute atomic E-state index is 2.55. The summed E-state index contributed by atoms with van der Waals surface area (Å²) in [4.78, 5) is 0. The van der Waals surface area contributed by atoms with Gasteiger partial charge in [-0.25, -0.2) is 4.57 Å². The Morgan fingerprint density at radius 3 is 2.42 bits per heavy atom. The smallest absolute Gasteiger partial charge is 0.200 e. The van der Waals surface area contributed by atoms with Crippen molar-refractivity contribution in [3.63, 3.8) is 0 Å². The molecule has 1 fully saturated rings. The summed E-state index contributed by atoms with van der Waals surface area (Å²) in [7, 11) is 1.27. The van der Waals surface area contributed by atoms with E-state index in [4.69, 9.17) is 0 Å². The first-order valence-electron chi connectivity index (χ1n) is 9.93. The highest BCUT2D eigenvalue weighted by atomic mass is 28.3. The van der Waals surface area contributed by atoms with E-state index in [9.17, 15) is 0 Å². The zero-order valence-corrected chi connectivity index (χ0v) is 17.5. The Kier molecular flexibility index (Phi) is 4.48. The van der Waals surface area contributed by atoms with E-state index in [2.05, 4.69) is 86.4 Å². The normalized spacial score (nSPS) is 17.5. The summed E-state index contributed by atoms with van der Waals surface area (Å²) in [6.45, 7) is 7.31. The molecule has 2 heterocycles. The van der Waals surface area contributed by atoms with Crippen molar-refractivity contribution in [1.29, 1.82) is 0 Å². The van der Waals surface area contributed by atoms with Gasteiger partial charge in [-0.1, -0.05) is 55.5 Å². The molecule has 3 aromatic rings. The van der Waals surface area contributed by atoms with Crippen LogP contribution in [0.3, 0.4) is 0 Å². The molecule has 1 aliphatic heterocycles. The molecule has 0 amide bonds. The minimum atomic E-state index is -0.889. The van der Waals surface area contributed by atoms with Crippen LogP contribution >= 0.6 is 0 Å². The van der Waals surface area contributed by atoms with Gasteiger partial charge in [0.15, 0.2) is 6.20 Å². The molecule has 1 nitrogen and oxygen atoms in total. The minimum absolute atomic E-state index is 0.760. The molecule has 0 spiro atoms. The molecule has 0 N–H and O–H groups in total. The second-order valence-corrected chi connectivity index (χ2v) is 14.2. The van der Waals surface area contributed by atoms with Crippen LogP contribution < -0.4 is 4.57 Å². The molecule has 0 unspecified atom stereocenters. The van der Waals surface area contributed by atoms with E-state index >= 15 is 0 Å². The maximum atomic E-state index is 2.55. The highest BCUT2D eigenvalue weighted by molar-refractivity contribution is 6.77. The van der Waals surface area contributed by atoms with E-state index in [0.717, 1.165) is 5.92 Å². The lowest BCUT2D eigenvalue weighted by Gasteiger charge is -2.33. The quantitative estimate of drug-likeness (QED) is 0.377. The summed E-state index contributed by atoms with van der Waals surface area (Å²) < 4.78 is 2.26. The molecule has 1 aromatic heterocycles. The van der Waals surface area contributed by atoms with Gasteiger partial charge >= 0.3 is 0 Å². The van der Waals surface area contributed by atoms with Gasteiger partial charge in [0, 0.05) is 19.7 Å². The molecule has 2 aromatic carbocycles. The Bertz CT molecular complexity index is 948. The van der Waals surface area contributed by atoms with E-state index in [-0.39, 0.29) is 0 Å². The number of fused-ring (bicyclic) bond motifs is 1. The zero-order valence-electron chi connectivity index (χ0n) is 16.5. The zero-order chi connectivity index (χ0) is 18.3. The average molecular weight is 361 g/mol. The number of pyridine rings is 1. The third-order valence-corrected chi connectivity index (χ3v) is 9.66. The maximum Gasteiger partial charge on any atom is 0.220 e. The van der Waals surface area contributed by atoms with Crippen molar-refractivity contribution < 1.29 is 4.57 Å². The fourth-order valence-corrected chi connectivity index (χ4v) is 7.06. The van der Waals surface area contributed by atoms with Crippen molar-refractivity contribution >= 4 is 18.8 Å². The number of aromatic nitrogens is 1. The molecule has 1 saturated heterocycles. The molecule has 1 aliphatic rings. The van der Waals surface area contributed by atoms with Crippen LogP contribution in [0.15, 0.2) is 54.7 Å². The lowest BCUT2D eigenvalue weighted by atomic mass is 9.90. The Hall–Kier alpha value is -1.93. The van der Waals surface area contributed by atoms with E-state index < -0.39 is 8.07 Å². The summed E-state index contributed by atoms with van der Waals surface area (Å²) in [5.41, 5.74) is 5.54. The topological polar surface area (TPSA) is 3.88 Å². The largest absolute Gasteiger partial charge is 0.220 e. The lowest BCUT2D eigenvalue weighted by molar-refractivity contribution is -0.659. The number of nitrogens with zero attached hydrogens (tertiary/aromatic N) is 1. The Labute approximate surface area is 158 Å². The van der Waals surface area contributed by atoms with Gasteiger partial charge in [0.05, 0.1) is 5.39 Å². The number of rotatable bonds is 2. The van der Waals surface area contributed by atoms with Crippen molar-refractivity contribution in [1.82, 2.24) is 0 Å². The third kappa shape index (κ3) is 3.23. The third-order valence-electron chi connectivity index (χ3n) is 6.37. The fourth-order valence-electron chi connectivity index (χ4n) is 4.55. The molecule has 0 saturated carbocycles. The van der Waals surface area contributed by atoms with Crippen LogP contribution in [0.2, 0.25) is 25.2 Å². The highest BCUT2D eigenvalue weighted by Gasteiger charge is 2.29. The second-order valence-electron chi connectivity index (χ2n) is 8.88. The molecule has 0 atom stereocenters. The lowest BCUT2D eigenvalue weighted by Crippen LogP contribution is -2.31. The highest BCUT2D eigenvalue weighted by Crippen LogP contribution is 2.39. The van der Waals surface area contributed by atoms with Gasteiger partial charge in [0.1, 0.15) is 7.05 Å². The Morgan fingerprint density at radius 1 is 0.962 bits per heavy atom. The van der Waals surface area contributed by atoms with Crippen LogP contribution in [0, 0.1) is 6.92 Å². The summed E-state index contributed by atoms with van der Waals surface area (Å²) in [6.07, 6.45) is 4.98. The summed E-state index contributed by atoms with van der Waals surface area (Å²) in [5, 5.41) is 2.74. The van der Waals surface area contributed by atoms with Crippen LogP contribution in [0.4, 0.5) is 0 Å². The molecule has 0 bridgehead atoms. The van der Waals surface area contributed by atoms with Gasteiger partial charge < -0.3 is 0 Å². The first-order valence-corrected chi connectivity index (χ1v) is 13.3. The molecular formula is C24H30NSi+. The standard InChI is InChI=1S/C24H30NSi/c1-18-7-5-6-8-22(18)24-23-10-9-20(17-21(23)11-14-25(24)2)19-12-15-26(3,4)16-13-19/h5-11,14,17,19H,12-13,15-16H2,1-4H3/q+1. The van der Waals surface area contributed by atoms with Crippen LogP contribution in [0.1, 0.15) is 29.9 Å². The monoisotopic (exact) mass is 360 g/mol. The predicted molar refractivity (Wildman–Crippen MR) is 114 cm³/mol. The molecular weight excluding hydrogens is 330 g/mol. The van der Waals surface area contributed by atoms with E-state index in [1.54, 1.807) is 5.56 Å². The molecule has 4 rings (SSSR count). The molecule has 0 radical (unpaired) electrons. The van der Waals surface area contributed by atoms with Gasteiger partial charge in [0.2, 0.25) is 5.69 Å². The van der Waals surface area contributed by atoms with Gasteiger partial charge in [-0.15, -0.1) is 0 Å². The van der Waals surface area contributed by atoms with E-state index in [1.165, 1.54) is 52.5 Å². The number of benzene rings is 2. The number of hydrogen-bond acceptors (Lipinski definition) is 0. The van der Waals surface area contributed by atoms with Crippen LogP contribution in [0.5, 0.6) is 0 Å². The van der Waals surface area contributed by atoms with Crippen molar-refractivity contribution in [3.8, 4) is 11.3 Å².